The molecule has 1 aromatic heterocycles. The number of hydrogen-bond acceptors (Lipinski definition) is 2. The minimum atomic E-state index is 0.0511. The molecule has 4 heteroatoms. The maximum absolute atomic E-state index is 11.7. The second-order valence-electron chi connectivity index (χ2n) is 4.42. The predicted molar refractivity (Wildman–Crippen MR) is 66.1 cm³/mol. The summed E-state index contributed by atoms with van der Waals surface area (Å²) in [7, 11) is 0. The van der Waals surface area contributed by atoms with Crippen LogP contribution >= 0.6 is 11.6 Å². The van der Waals surface area contributed by atoms with E-state index in [2.05, 4.69) is 5.32 Å². The Kier molecular flexibility index (Phi) is 2.56. The largest absolute Gasteiger partial charge is 0.464 e. The van der Waals surface area contributed by atoms with Gasteiger partial charge in [-0.25, -0.2) is 0 Å². The van der Waals surface area contributed by atoms with Crippen LogP contribution < -0.4 is 5.32 Å². The quantitative estimate of drug-likeness (QED) is 0.909. The zero-order valence-corrected chi connectivity index (χ0v) is 9.96. The van der Waals surface area contributed by atoms with Gasteiger partial charge in [0.15, 0.2) is 0 Å². The number of hydrogen-bond donors (Lipinski definition) is 1. The molecule has 0 radical (unpaired) electrons. The van der Waals surface area contributed by atoms with Crippen molar-refractivity contribution in [2.45, 2.75) is 25.3 Å². The highest BCUT2D eigenvalue weighted by Crippen LogP contribution is 2.25. The molecule has 1 aliphatic carbocycles. The maximum atomic E-state index is 11.7. The van der Waals surface area contributed by atoms with Crippen molar-refractivity contribution in [3.8, 4) is 0 Å². The number of rotatable bonds is 3. The Balaban J connectivity index is 1.83. The number of carbonyl (C=O) groups excluding carboxylic acids is 1. The van der Waals surface area contributed by atoms with Crippen molar-refractivity contribution >= 4 is 28.5 Å². The number of fused-ring (bicyclic) bond motifs is 1. The van der Waals surface area contributed by atoms with E-state index in [0.717, 1.165) is 29.4 Å². The fourth-order valence-corrected chi connectivity index (χ4v) is 2.04. The number of amides is 1. The molecule has 0 saturated heterocycles. The molecule has 2 aromatic rings. The first kappa shape index (κ1) is 10.7. The minimum absolute atomic E-state index is 0.0511. The Labute approximate surface area is 104 Å². The first-order valence-electron chi connectivity index (χ1n) is 5.67. The van der Waals surface area contributed by atoms with Gasteiger partial charge in [-0.05, 0) is 31.0 Å². The van der Waals surface area contributed by atoms with Crippen LogP contribution in [0, 0.1) is 0 Å². The number of furan rings is 1. The Hall–Kier alpha value is -1.48. The highest BCUT2D eigenvalue weighted by molar-refractivity contribution is 6.31. The van der Waals surface area contributed by atoms with Gasteiger partial charge in [0.2, 0.25) is 5.91 Å². The summed E-state index contributed by atoms with van der Waals surface area (Å²) in [4.78, 5) is 11.7. The van der Waals surface area contributed by atoms with E-state index >= 15 is 0 Å². The lowest BCUT2D eigenvalue weighted by Crippen LogP contribution is -2.26. The smallest absolute Gasteiger partial charge is 0.224 e. The SMILES string of the molecule is O=C(Cc1coc2ccc(Cl)cc12)NC1CC1. The third-order valence-electron chi connectivity index (χ3n) is 2.91. The first-order chi connectivity index (χ1) is 8.22. The Morgan fingerprint density at radius 2 is 2.29 bits per heavy atom. The molecule has 0 aliphatic heterocycles. The molecule has 1 heterocycles. The molecule has 0 spiro atoms. The van der Waals surface area contributed by atoms with E-state index in [1.165, 1.54) is 0 Å². The summed E-state index contributed by atoms with van der Waals surface area (Å²) in [5, 5.41) is 4.53. The molecule has 88 valence electrons. The van der Waals surface area contributed by atoms with Gasteiger partial charge in [0.25, 0.3) is 0 Å². The highest BCUT2D eigenvalue weighted by Gasteiger charge is 2.23. The molecule has 0 bridgehead atoms. The van der Waals surface area contributed by atoms with E-state index in [1.807, 2.05) is 12.1 Å². The molecule has 1 saturated carbocycles. The molecule has 0 atom stereocenters. The molecule has 1 fully saturated rings. The van der Waals surface area contributed by atoms with Crippen molar-refractivity contribution < 1.29 is 9.21 Å². The van der Waals surface area contributed by atoms with Crippen molar-refractivity contribution in [3.05, 3.63) is 35.0 Å². The topological polar surface area (TPSA) is 42.2 Å². The van der Waals surface area contributed by atoms with E-state index in [9.17, 15) is 4.79 Å². The summed E-state index contributed by atoms with van der Waals surface area (Å²) in [6.45, 7) is 0. The van der Waals surface area contributed by atoms with Gasteiger partial charge in [-0.2, -0.15) is 0 Å². The molecule has 3 rings (SSSR count). The second-order valence-corrected chi connectivity index (χ2v) is 4.86. The predicted octanol–water partition coefficient (Wildman–Crippen LogP) is 2.91. The number of nitrogens with one attached hydrogen (secondary N) is 1. The van der Waals surface area contributed by atoms with Crippen LogP contribution in [-0.2, 0) is 11.2 Å². The summed E-state index contributed by atoms with van der Waals surface area (Å²) in [5.41, 5.74) is 1.66. The molecule has 17 heavy (non-hydrogen) atoms. The summed E-state index contributed by atoms with van der Waals surface area (Å²) in [6.07, 6.45) is 4.19. The lowest BCUT2D eigenvalue weighted by atomic mass is 10.1. The van der Waals surface area contributed by atoms with Gasteiger partial charge in [-0.15, -0.1) is 0 Å². The van der Waals surface area contributed by atoms with E-state index < -0.39 is 0 Å². The van der Waals surface area contributed by atoms with Gasteiger partial charge in [-0.1, -0.05) is 11.6 Å². The Morgan fingerprint density at radius 3 is 3.06 bits per heavy atom. The first-order valence-corrected chi connectivity index (χ1v) is 6.05. The molecule has 1 aliphatic rings. The molecule has 1 amide bonds. The monoisotopic (exact) mass is 249 g/mol. The zero-order valence-electron chi connectivity index (χ0n) is 9.20. The van der Waals surface area contributed by atoms with Crippen LogP contribution in [0.5, 0.6) is 0 Å². The summed E-state index contributed by atoms with van der Waals surface area (Å²) < 4.78 is 5.39. The van der Waals surface area contributed by atoms with Crippen molar-refractivity contribution in [3.63, 3.8) is 0 Å². The fourth-order valence-electron chi connectivity index (χ4n) is 1.87. The van der Waals surface area contributed by atoms with Crippen LogP contribution in [0.3, 0.4) is 0 Å². The van der Waals surface area contributed by atoms with Gasteiger partial charge in [0.1, 0.15) is 5.58 Å². The molecular weight excluding hydrogens is 238 g/mol. The minimum Gasteiger partial charge on any atom is -0.464 e. The van der Waals surface area contributed by atoms with Crippen molar-refractivity contribution in [1.29, 1.82) is 0 Å². The van der Waals surface area contributed by atoms with Crippen molar-refractivity contribution in [1.82, 2.24) is 5.32 Å². The number of carbonyl (C=O) groups is 1. The molecule has 0 unspecified atom stereocenters. The average Bonchev–Trinajstić information content (AvgIpc) is 3.01. The summed E-state index contributed by atoms with van der Waals surface area (Å²) in [5.74, 6) is 0.0511. The van der Waals surface area contributed by atoms with Crippen molar-refractivity contribution in [2.75, 3.05) is 0 Å². The third-order valence-corrected chi connectivity index (χ3v) is 3.14. The number of benzene rings is 1. The Morgan fingerprint density at radius 1 is 1.47 bits per heavy atom. The van der Waals surface area contributed by atoms with E-state index in [1.54, 1.807) is 12.3 Å². The van der Waals surface area contributed by atoms with Crippen molar-refractivity contribution in [2.24, 2.45) is 0 Å². The van der Waals surface area contributed by atoms with Crippen LogP contribution in [0.1, 0.15) is 18.4 Å². The Bertz CT molecular complexity index is 572. The van der Waals surface area contributed by atoms with Crippen LogP contribution in [0.15, 0.2) is 28.9 Å². The van der Waals surface area contributed by atoms with Gasteiger partial charge >= 0.3 is 0 Å². The van der Waals surface area contributed by atoms with Crippen LogP contribution in [0.2, 0.25) is 5.02 Å². The summed E-state index contributed by atoms with van der Waals surface area (Å²) >= 11 is 5.94. The van der Waals surface area contributed by atoms with Crippen LogP contribution in [0.4, 0.5) is 0 Å². The standard InChI is InChI=1S/C13H12ClNO2/c14-9-1-4-12-11(6-9)8(7-17-12)5-13(16)15-10-2-3-10/h1,4,6-7,10H,2-3,5H2,(H,15,16). The normalized spacial score (nSPS) is 15.1. The van der Waals surface area contributed by atoms with E-state index in [0.29, 0.717) is 17.5 Å². The summed E-state index contributed by atoms with van der Waals surface area (Å²) in [6, 6.07) is 5.82. The highest BCUT2D eigenvalue weighted by atomic mass is 35.5. The average molecular weight is 250 g/mol. The molecule has 3 nitrogen and oxygen atoms in total. The number of halogens is 1. The lowest BCUT2D eigenvalue weighted by Gasteiger charge is -2.01. The fraction of sp³-hybridized carbons (Fsp3) is 0.308. The van der Waals surface area contributed by atoms with Crippen LogP contribution in [0.25, 0.3) is 11.0 Å². The third kappa shape index (κ3) is 2.29. The van der Waals surface area contributed by atoms with Crippen LogP contribution in [-0.4, -0.2) is 11.9 Å². The van der Waals surface area contributed by atoms with E-state index in [-0.39, 0.29) is 5.91 Å². The molecular formula is C13H12ClNO2. The van der Waals surface area contributed by atoms with Gasteiger partial charge in [0, 0.05) is 22.0 Å². The zero-order chi connectivity index (χ0) is 11.8. The van der Waals surface area contributed by atoms with E-state index in [4.69, 9.17) is 16.0 Å². The van der Waals surface area contributed by atoms with Gasteiger partial charge < -0.3 is 9.73 Å². The maximum Gasteiger partial charge on any atom is 0.224 e. The molecule has 1 N–H and O–H groups in total. The molecule has 1 aromatic carbocycles. The lowest BCUT2D eigenvalue weighted by molar-refractivity contribution is -0.120. The van der Waals surface area contributed by atoms with Gasteiger partial charge in [-0.3, -0.25) is 4.79 Å². The second kappa shape index (κ2) is 4.08. The van der Waals surface area contributed by atoms with Gasteiger partial charge in [0.05, 0.1) is 12.7 Å².